The lowest BCUT2D eigenvalue weighted by Gasteiger charge is -1.90. The summed E-state index contributed by atoms with van der Waals surface area (Å²) >= 11 is 5.54. The Bertz CT molecular complexity index is 103. The molecule has 0 saturated heterocycles. The van der Waals surface area contributed by atoms with Crippen LogP contribution in [-0.4, -0.2) is 5.88 Å². The van der Waals surface area contributed by atoms with Crippen LogP contribution in [-0.2, 0) is 0 Å². The van der Waals surface area contributed by atoms with E-state index in [2.05, 4.69) is 12.7 Å². The molecule has 0 N–H and O–H groups in total. The highest BCUT2D eigenvalue weighted by atomic mass is 35.5. The average Bonchev–Trinajstić information content (AvgIpc) is 1.89. The van der Waals surface area contributed by atoms with E-state index in [1.165, 1.54) is 5.57 Å². The van der Waals surface area contributed by atoms with Crippen molar-refractivity contribution in [3.8, 4) is 0 Å². The smallest absolute Gasteiger partial charge is 0.0430 e. The molecule has 0 nitrogen and oxygen atoms in total. The van der Waals surface area contributed by atoms with Crippen LogP contribution in [0.25, 0.3) is 0 Å². The van der Waals surface area contributed by atoms with E-state index in [1.807, 2.05) is 13.0 Å². The average molecular weight is 145 g/mol. The molecule has 0 bridgehead atoms. The third-order valence-corrected chi connectivity index (χ3v) is 1.50. The third-order valence-electron chi connectivity index (χ3n) is 1.07. The van der Waals surface area contributed by atoms with Gasteiger partial charge in [-0.2, -0.15) is 0 Å². The molecule has 0 aliphatic rings. The lowest BCUT2D eigenvalue weighted by molar-refractivity contribution is 1.04. The molecule has 0 spiro atoms. The zero-order chi connectivity index (χ0) is 7.11. The molecule has 0 saturated carbocycles. The Morgan fingerprint density at radius 2 is 2.22 bits per heavy atom. The van der Waals surface area contributed by atoms with Gasteiger partial charge in [0.05, 0.1) is 0 Å². The number of hydrogen-bond donors (Lipinski definition) is 0. The molecule has 0 fully saturated rings. The molecule has 0 aliphatic carbocycles. The highest BCUT2D eigenvalue weighted by Crippen LogP contribution is 1.99. The summed E-state index contributed by atoms with van der Waals surface area (Å²) in [5.41, 5.74) is 1.25. The number of hydrogen-bond acceptors (Lipinski definition) is 0. The maximum atomic E-state index is 5.54. The number of halogens is 1. The van der Waals surface area contributed by atoms with Gasteiger partial charge < -0.3 is 0 Å². The van der Waals surface area contributed by atoms with Crippen LogP contribution in [0.5, 0.6) is 0 Å². The van der Waals surface area contributed by atoms with Gasteiger partial charge in [0.15, 0.2) is 0 Å². The fourth-order valence-corrected chi connectivity index (χ4v) is 0.611. The molecular weight excluding hydrogens is 132 g/mol. The molecule has 0 aromatic heterocycles. The fraction of sp³-hybridized carbons (Fsp3) is 0.500. The van der Waals surface area contributed by atoms with E-state index < -0.39 is 0 Å². The summed E-state index contributed by atoms with van der Waals surface area (Å²) in [5, 5.41) is 0. The lowest BCUT2D eigenvalue weighted by Crippen LogP contribution is -1.75. The van der Waals surface area contributed by atoms with Crippen molar-refractivity contribution in [1.29, 1.82) is 0 Å². The van der Waals surface area contributed by atoms with E-state index in [4.69, 9.17) is 11.6 Å². The third kappa shape index (κ3) is 5.64. The molecular formula is C8H13Cl. The van der Waals surface area contributed by atoms with Crippen LogP contribution in [0.2, 0.25) is 0 Å². The van der Waals surface area contributed by atoms with E-state index in [0.717, 1.165) is 12.8 Å². The first-order valence-electron chi connectivity index (χ1n) is 3.13. The van der Waals surface area contributed by atoms with Gasteiger partial charge in [-0.3, -0.25) is 0 Å². The summed E-state index contributed by atoms with van der Waals surface area (Å²) in [7, 11) is 0. The maximum absolute atomic E-state index is 5.54. The van der Waals surface area contributed by atoms with Gasteiger partial charge in [-0.25, -0.2) is 0 Å². The molecule has 0 aromatic rings. The molecule has 0 aliphatic heterocycles. The van der Waals surface area contributed by atoms with Crippen molar-refractivity contribution >= 4 is 11.6 Å². The van der Waals surface area contributed by atoms with Crippen LogP contribution in [0, 0.1) is 0 Å². The van der Waals surface area contributed by atoms with Gasteiger partial charge in [0.2, 0.25) is 0 Å². The number of rotatable bonds is 4. The van der Waals surface area contributed by atoms with Crippen molar-refractivity contribution in [2.24, 2.45) is 0 Å². The minimum Gasteiger partial charge on any atom is -0.122 e. The van der Waals surface area contributed by atoms with Crippen LogP contribution >= 0.6 is 11.6 Å². The van der Waals surface area contributed by atoms with Gasteiger partial charge in [0.1, 0.15) is 0 Å². The topological polar surface area (TPSA) is 0 Å². The molecule has 0 heterocycles. The fourth-order valence-electron chi connectivity index (χ4n) is 0.502. The Morgan fingerprint density at radius 3 is 2.67 bits per heavy atom. The molecule has 0 aromatic carbocycles. The largest absolute Gasteiger partial charge is 0.122 e. The number of alkyl halides is 1. The van der Waals surface area contributed by atoms with Gasteiger partial charge >= 0.3 is 0 Å². The van der Waals surface area contributed by atoms with E-state index in [0.29, 0.717) is 5.88 Å². The van der Waals surface area contributed by atoms with E-state index in [-0.39, 0.29) is 0 Å². The summed E-state index contributed by atoms with van der Waals surface area (Å²) in [6.07, 6.45) is 6.18. The molecule has 0 rings (SSSR count). The highest BCUT2D eigenvalue weighted by Gasteiger charge is 1.82. The van der Waals surface area contributed by atoms with Crippen molar-refractivity contribution in [2.45, 2.75) is 19.8 Å². The van der Waals surface area contributed by atoms with Crippen LogP contribution in [0.1, 0.15) is 19.8 Å². The zero-order valence-electron chi connectivity index (χ0n) is 5.86. The summed E-state index contributed by atoms with van der Waals surface area (Å²) in [6, 6.07) is 0. The summed E-state index contributed by atoms with van der Waals surface area (Å²) in [5.74, 6) is 0.650. The van der Waals surface area contributed by atoms with E-state index in [9.17, 15) is 0 Å². The lowest BCUT2D eigenvalue weighted by atomic mass is 10.2. The predicted molar refractivity (Wildman–Crippen MR) is 43.9 cm³/mol. The Kier molecular flexibility index (Phi) is 5.75. The van der Waals surface area contributed by atoms with Gasteiger partial charge in [-0.1, -0.05) is 17.7 Å². The van der Waals surface area contributed by atoms with Gasteiger partial charge in [-0.15, -0.1) is 18.2 Å². The van der Waals surface area contributed by atoms with Crippen LogP contribution in [0.3, 0.4) is 0 Å². The van der Waals surface area contributed by atoms with Gasteiger partial charge in [0.25, 0.3) is 0 Å². The molecule has 9 heavy (non-hydrogen) atoms. The van der Waals surface area contributed by atoms with E-state index in [1.54, 1.807) is 0 Å². The first kappa shape index (κ1) is 8.77. The first-order chi connectivity index (χ1) is 4.31. The molecule has 0 amide bonds. The Balaban J connectivity index is 3.31. The standard InChI is InChI=1S/C8H13Cl/c1-3-4-5-6-8(2)7-9/h3,6H,1,4-5,7H2,2H3/b8-6+. The van der Waals surface area contributed by atoms with Crippen molar-refractivity contribution < 1.29 is 0 Å². The van der Waals surface area contributed by atoms with E-state index >= 15 is 0 Å². The Labute approximate surface area is 62.2 Å². The van der Waals surface area contributed by atoms with Crippen molar-refractivity contribution in [3.63, 3.8) is 0 Å². The normalized spacial score (nSPS) is 11.6. The summed E-state index contributed by atoms with van der Waals surface area (Å²) < 4.78 is 0. The van der Waals surface area contributed by atoms with Gasteiger partial charge in [0, 0.05) is 5.88 Å². The second kappa shape index (κ2) is 5.90. The van der Waals surface area contributed by atoms with Crippen molar-refractivity contribution in [2.75, 3.05) is 5.88 Å². The van der Waals surface area contributed by atoms with Crippen molar-refractivity contribution in [1.82, 2.24) is 0 Å². The Hall–Kier alpha value is -0.230. The van der Waals surface area contributed by atoms with Crippen LogP contribution in [0.4, 0.5) is 0 Å². The van der Waals surface area contributed by atoms with Crippen LogP contribution < -0.4 is 0 Å². The minimum absolute atomic E-state index is 0.650. The van der Waals surface area contributed by atoms with Gasteiger partial charge in [-0.05, 0) is 19.8 Å². The van der Waals surface area contributed by atoms with Crippen molar-refractivity contribution in [3.05, 3.63) is 24.3 Å². The van der Waals surface area contributed by atoms with Crippen LogP contribution in [0.15, 0.2) is 24.3 Å². The second-order valence-corrected chi connectivity index (χ2v) is 2.32. The molecule has 1 heteroatoms. The quantitative estimate of drug-likeness (QED) is 0.323. The summed E-state index contributed by atoms with van der Waals surface area (Å²) in [6.45, 7) is 5.66. The number of allylic oxidation sites excluding steroid dienone is 3. The molecule has 0 unspecified atom stereocenters. The summed E-state index contributed by atoms with van der Waals surface area (Å²) in [4.78, 5) is 0. The highest BCUT2D eigenvalue weighted by molar-refractivity contribution is 6.19. The minimum atomic E-state index is 0.650. The zero-order valence-corrected chi connectivity index (χ0v) is 6.62. The second-order valence-electron chi connectivity index (χ2n) is 2.05. The predicted octanol–water partition coefficient (Wildman–Crippen LogP) is 3.14. The molecule has 0 atom stereocenters. The monoisotopic (exact) mass is 144 g/mol. The molecule has 0 radical (unpaired) electrons. The maximum Gasteiger partial charge on any atom is 0.0430 e. The number of unbranched alkanes of at least 4 members (excludes halogenated alkanes) is 1. The first-order valence-corrected chi connectivity index (χ1v) is 3.67. The Morgan fingerprint density at radius 1 is 1.56 bits per heavy atom. The molecule has 52 valence electrons. The SMILES string of the molecule is C=CCC/C=C(\C)CCl.